The number of para-hydroxylation sites is 3. The van der Waals surface area contributed by atoms with Crippen molar-refractivity contribution < 1.29 is 14.4 Å². The fourth-order valence-electron chi connectivity index (χ4n) is 3.48. The second-order valence-electron chi connectivity index (χ2n) is 7.23. The minimum absolute atomic E-state index is 0.185. The highest BCUT2D eigenvalue weighted by Gasteiger charge is 2.37. The maximum absolute atomic E-state index is 13.2. The van der Waals surface area contributed by atoms with Gasteiger partial charge in [-0.3, -0.25) is 19.3 Å². The lowest BCUT2D eigenvalue weighted by molar-refractivity contribution is -0.124. The van der Waals surface area contributed by atoms with Crippen LogP contribution in [0, 0.1) is 0 Å². The molecule has 0 unspecified atom stereocenters. The summed E-state index contributed by atoms with van der Waals surface area (Å²) in [4.78, 5) is 40.1. The molecule has 0 aliphatic carbocycles. The highest BCUT2D eigenvalue weighted by molar-refractivity contribution is 6.30. The third-order valence-corrected chi connectivity index (χ3v) is 5.25. The number of hydrogen-bond acceptors (Lipinski definition) is 3. The number of carbonyl (C=O) groups is 3. The maximum atomic E-state index is 13.2. The molecule has 32 heavy (non-hydrogen) atoms. The Labute approximate surface area is 190 Å². The van der Waals surface area contributed by atoms with Gasteiger partial charge in [0.05, 0.1) is 17.8 Å². The molecule has 4 rings (SSSR count). The van der Waals surface area contributed by atoms with E-state index < -0.39 is 17.9 Å². The molecule has 7 heteroatoms. The van der Waals surface area contributed by atoms with E-state index in [-0.39, 0.29) is 12.3 Å². The highest BCUT2D eigenvalue weighted by atomic mass is 35.5. The van der Waals surface area contributed by atoms with E-state index in [2.05, 4.69) is 10.6 Å². The molecular formula is C25H20ClN3O3. The van der Waals surface area contributed by atoms with Crippen molar-refractivity contribution >= 4 is 52.5 Å². The third-order valence-electron chi connectivity index (χ3n) is 5.00. The van der Waals surface area contributed by atoms with E-state index in [1.54, 1.807) is 78.9 Å². The molecule has 0 saturated carbocycles. The predicted octanol–water partition coefficient (Wildman–Crippen LogP) is 4.74. The number of nitrogens with zero attached hydrogens (tertiary/aromatic N) is 1. The minimum Gasteiger partial charge on any atom is -0.326 e. The zero-order valence-electron chi connectivity index (χ0n) is 17.0. The lowest BCUT2D eigenvalue weighted by atomic mass is 10.0. The fraction of sp³-hybridized carbons (Fsp3) is 0.0800. The number of nitrogens with one attached hydrogen (secondary N) is 2. The first kappa shape index (κ1) is 21.3. The molecule has 3 amide bonds. The third kappa shape index (κ3) is 4.87. The van der Waals surface area contributed by atoms with E-state index in [9.17, 15) is 14.4 Å². The Morgan fingerprint density at radius 1 is 0.969 bits per heavy atom. The first-order valence-corrected chi connectivity index (χ1v) is 10.4. The van der Waals surface area contributed by atoms with Gasteiger partial charge in [0.25, 0.3) is 5.91 Å². The summed E-state index contributed by atoms with van der Waals surface area (Å²) in [6, 6.07) is 22.0. The van der Waals surface area contributed by atoms with Crippen LogP contribution in [0.3, 0.4) is 0 Å². The van der Waals surface area contributed by atoms with Crippen LogP contribution >= 0.6 is 11.6 Å². The average molecular weight is 446 g/mol. The van der Waals surface area contributed by atoms with E-state index in [0.717, 1.165) is 5.56 Å². The number of amides is 3. The van der Waals surface area contributed by atoms with Gasteiger partial charge in [-0.15, -0.1) is 0 Å². The van der Waals surface area contributed by atoms with E-state index in [0.29, 0.717) is 22.1 Å². The molecule has 3 aromatic carbocycles. The van der Waals surface area contributed by atoms with Crippen LogP contribution in [0.15, 0.2) is 84.9 Å². The van der Waals surface area contributed by atoms with E-state index in [1.165, 1.54) is 11.0 Å². The van der Waals surface area contributed by atoms with Crippen LogP contribution < -0.4 is 15.5 Å². The number of anilines is 3. The number of fused-ring (bicyclic) bond motifs is 1. The zero-order chi connectivity index (χ0) is 22.5. The molecule has 1 aliphatic rings. The molecule has 3 aromatic rings. The number of halogens is 1. The van der Waals surface area contributed by atoms with Gasteiger partial charge in [-0.25, -0.2) is 0 Å². The summed E-state index contributed by atoms with van der Waals surface area (Å²) in [5.74, 6) is -1.19. The Kier molecular flexibility index (Phi) is 6.33. The normalized spacial score (nSPS) is 15.2. The Hall–Kier alpha value is -3.90. The number of rotatable bonds is 5. The monoisotopic (exact) mass is 445 g/mol. The van der Waals surface area contributed by atoms with Gasteiger partial charge < -0.3 is 10.6 Å². The lowest BCUT2D eigenvalue weighted by Gasteiger charge is -2.35. The van der Waals surface area contributed by atoms with Crippen LogP contribution in [0.5, 0.6) is 0 Å². The fourth-order valence-corrected chi connectivity index (χ4v) is 3.60. The van der Waals surface area contributed by atoms with Crippen molar-refractivity contribution in [2.45, 2.75) is 12.5 Å². The van der Waals surface area contributed by atoms with Crippen molar-refractivity contribution in [3.63, 3.8) is 0 Å². The van der Waals surface area contributed by atoms with Gasteiger partial charge in [0.1, 0.15) is 6.04 Å². The highest BCUT2D eigenvalue weighted by Crippen LogP contribution is 2.33. The Bertz CT molecular complexity index is 1180. The maximum Gasteiger partial charge on any atom is 0.251 e. The molecule has 0 aromatic heterocycles. The van der Waals surface area contributed by atoms with Crippen LogP contribution in [-0.4, -0.2) is 23.8 Å². The first-order chi connectivity index (χ1) is 15.5. The molecule has 0 radical (unpaired) electrons. The van der Waals surface area contributed by atoms with Gasteiger partial charge in [0.2, 0.25) is 11.8 Å². The Morgan fingerprint density at radius 3 is 2.41 bits per heavy atom. The molecule has 1 heterocycles. The summed E-state index contributed by atoms with van der Waals surface area (Å²) >= 11 is 5.91. The van der Waals surface area contributed by atoms with Crippen LogP contribution in [0.1, 0.15) is 12.0 Å². The number of benzene rings is 3. The minimum atomic E-state index is -0.990. The molecule has 2 N–H and O–H groups in total. The van der Waals surface area contributed by atoms with Gasteiger partial charge in [0, 0.05) is 16.8 Å². The van der Waals surface area contributed by atoms with Gasteiger partial charge in [-0.2, -0.15) is 0 Å². The topological polar surface area (TPSA) is 78.5 Å². The van der Waals surface area contributed by atoms with Crippen molar-refractivity contribution in [3.8, 4) is 0 Å². The lowest BCUT2D eigenvalue weighted by Crippen LogP contribution is -2.52. The van der Waals surface area contributed by atoms with Crippen molar-refractivity contribution in [2.24, 2.45) is 0 Å². The standard InChI is InChI=1S/C25H20ClN3O3/c26-18-13-10-17(11-14-18)12-15-24(31)29-21-9-5-4-8-20(21)28-25(32)22(29)16-23(30)27-19-6-2-1-3-7-19/h1-15,22H,16H2,(H,27,30)(H,28,32)/b15-12+/t22-/m1/s1. The van der Waals surface area contributed by atoms with E-state index in [1.807, 2.05) is 6.07 Å². The first-order valence-electron chi connectivity index (χ1n) is 10.0. The smallest absolute Gasteiger partial charge is 0.251 e. The molecule has 0 bridgehead atoms. The average Bonchev–Trinajstić information content (AvgIpc) is 2.79. The summed E-state index contributed by atoms with van der Waals surface area (Å²) in [5.41, 5.74) is 2.46. The van der Waals surface area contributed by atoms with Crippen molar-refractivity contribution in [2.75, 3.05) is 15.5 Å². The molecule has 1 aliphatic heterocycles. The second-order valence-corrected chi connectivity index (χ2v) is 7.67. The van der Waals surface area contributed by atoms with Crippen molar-refractivity contribution in [3.05, 3.63) is 95.5 Å². The Morgan fingerprint density at radius 2 is 1.66 bits per heavy atom. The second kappa shape index (κ2) is 9.49. The van der Waals surface area contributed by atoms with Gasteiger partial charge >= 0.3 is 0 Å². The van der Waals surface area contributed by atoms with Crippen molar-refractivity contribution in [1.29, 1.82) is 0 Å². The van der Waals surface area contributed by atoms with Crippen LogP contribution in [-0.2, 0) is 14.4 Å². The van der Waals surface area contributed by atoms with Crippen LogP contribution in [0.4, 0.5) is 17.1 Å². The van der Waals surface area contributed by atoms with E-state index in [4.69, 9.17) is 11.6 Å². The molecule has 160 valence electrons. The van der Waals surface area contributed by atoms with Gasteiger partial charge in [0.15, 0.2) is 0 Å². The Balaban J connectivity index is 1.60. The SMILES string of the molecule is O=C(C[C@@H]1C(=O)Nc2ccccc2N1C(=O)/C=C/c1ccc(Cl)cc1)Nc1ccccc1. The summed E-state index contributed by atoms with van der Waals surface area (Å²) in [6.45, 7) is 0. The predicted molar refractivity (Wildman–Crippen MR) is 127 cm³/mol. The van der Waals surface area contributed by atoms with Crippen molar-refractivity contribution in [1.82, 2.24) is 0 Å². The number of hydrogen-bond donors (Lipinski definition) is 2. The zero-order valence-corrected chi connectivity index (χ0v) is 17.8. The summed E-state index contributed by atoms with van der Waals surface area (Å²) in [5, 5.41) is 6.16. The molecular weight excluding hydrogens is 426 g/mol. The largest absolute Gasteiger partial charge is 0.326 e. The molecule has 0 saturated heterocycles. The number of carbonyl (C=O) groups excluding carboxylic acids is 3. The molecule has 0 fully saturated rings. The summed E-state index contributed by atoms with van der Waals surface area (Å²) < 4.78 is 0. The quantitative estimate of drug-likeness (QED) is 0.557. The molecule has 1 atom stereocenters. The van der Waals surface area contributed by atoms with Crippen LogP contribution in [0.25, 0.3) is 6.08 Å². The van der Waals surface area contributed by atoms with E-state index >= 15 is 0 Å². The van der Waals surface area contributed by atoms with Gasteiger partial charge in [-0.1, -0.05) is 54.1 Å². The summed E-state index contributed by atoms with van der Waals surface area (Å²) in [6.07, 6.45) is 2.85. The summed E-state index contributed by atoms with van der Waals surface area (Å²) in [7, 11) is 0. The molecule has 0 spiro atoms. The van der Waals surface area contributed by atoms with Crippen LogP contribution in [0.2, 0.25) is 5.02 Å². The van der Waals surface area contributed by atoms with Gasteiger partial charge in [-0.05, 0) is 48.0 Å². The molecule has 6 nitrogen and oxygen atoms in total.